The average Bonchev–Trinajstić information content (AvgIpc) is 3.54. The van der Waals surface area contributed by atoms with Crippen molar-refractivity contribution >= 4 is 46.5 Å². The van der Waals surface area contributed by atoms with Crippen molar-refractivity contribution in [2.75, 3.05) is 41.8 Å². The molecule has 3 saturated heterocycles. The van der Waals surface area contributed by atoms with E-state index in [2.05, 4.69) is 29.4 Å². The quantitative estimate of drug-likeness (QED) is 0.468. The summed E-state index contributed by atoms with van der Waals surface area (Å²) in [5.41, 5.74) is 2.43. The van der Waals surface area contributed by atoms with E-state index < -0.39 is 22.6 Å². The van der Waals surface area contributed by atoms with E-state index in [9.17, 15) is 19.5 Å². The molecule has 5 atom stereocenters. The first-order valence-corrected chi connectivity index (χ1v) is 13.9. The number of amides is 3. The van der Waals surface area contributed by atoms with E-state index in [0.29, 0.717) is 17.8 Å². The Hall–Kier alpha value is -3.04. The van der Waals surface area contributed by atoms with E-state index in [-0.39, 0.29) is 36.1 Å². The summed E-state index contributed by atoms with van der Waals surface area (Å²) >= 11 is 1.62. The van der Waals surface area contributed by atoms with Crippen molar-refractivity contribution in [3.63, 3.8) is 0 Å². The Morgan fingerprint density at radius 3 is 2.32 bits per heavy atom. The zero-order valence-electron chi connectivity index (χ0n) is 21.2. The van der Waals surface area contributed by atoms with E-state index in [0.717, 1.165) is 25.2 Å². The fraction of sp³-hybridized carbons (Fsp3) is 0.464. The third-order valence-corrected chi connectivity index (χ3v) is 9.95. The fourth-order valence-electron chi connectivity index (χ4n) is 6.40. The predicted octanol–water partition coefficient (Wildman–Crippen LogP) is 3.19. The largest absolute Gasteiger partial charge is 0.395 e. The van der Waals surface area contributed by atoms with Gasteiger partial charge in [0.2, 0.25) is 17.7 Å². The maximum absolute atomic E-state index is 13.8. The lowest BCUT2D eigenvalue weighted by Crippen LogP contribution is -2.52. The fourth-order valence-corrected chi connectivity index (χ4v) is 8.62. The van der Waals surface area contributed by atoms with Crippen LogP contribution in [0.15, 0.2) is 54.6 Å². The number of carbonyl (C=O) groups is 3. The second-order valence-corrected chi connectivity index (χ2v) is 11.5. The van der Waals surface area contributed by atoms with Gasteiger partial charge in [0.15, 0.2) is 0 Å². The van der Waals surface area contributed by atoms with Crippen molar-refractivity contribution in [2.45, 2.75) is 42.7 Å². The number of nitrogens with one attached hydrogen (secondary N) is 2. The molecule has 3 fully saturated rings. The van der Waals surface area contributed by atoms with Crippen LogP contribution in [-0.2, 0) is 14.4 Å². The van der Waals surface area contributed by atoms with Crippen LogP contribution in [-0.4, -0.2) is 70.0 Å². The van der Waals surface area contributed by atoms with Gasteiger partial charge in [-0.15, -0.1) is 11.8 Å². The number of β-amino-alcohol motifs (C(OH)–C–C–N with tert-alkyl or cyclic N) is 1. The monoisotopic (exact) mass is 522 g/mol. The van der Waals surface area contributed by atoms with Gasteiger partial charge in [0.05, 0.1) is 23.2 Å². The molecule has 2 unspecified atom stereocenters. The van der Waals surface area contributed by atoms with Crippen LogP contribution in [0.2, 0.25) is 0 Å². The summed E-state index contributed by atoms with van der Waals surface area (Å²) in [7, 11) is 0. The minimum absolute atomic E-state index is 0.0161. The van der Waals surface area contributed by atoms with Gasteiger partial charge in [-0.25, -0.2) is 0 Å². The first-order chi connectivity index (χ1) is 17.9. The number of hydrogen-bond donors (Lipinski definition) is 3. The molecule has 8 nitrogen and oxygen atoms in total. The molecule has 5 rings (SSSR count). The zero-order valence-corrected chi connectivity index (χ0v) is 22.0. The van der Waals surface area contributed by atoms with Crippen LogP contribution in [0.5, 0.6) is 0 Å². The highest BCUT2D eigenvalue weighted by atomic mass is 32.2. The standard InChI is InChI=1S/C28H34N4O4S/c1-3-31(4-2)20-12-10-19(11-13-20)30-26(35)24-28-15-14-21(37-28)22(23(28)27(36)32(24)16-17-33)25(34)29-18-8-6-5-7-9-18/h5-13,21-24,33H,3-4,14-17H2,1-2H3,(H,29,34)(H,30,35)/t21-,22+,23+,24?,28?/m1/s1. The number of para-hydroxylation sites is 1. The van der Waals surface area contributed by atoms with Crippen LogP contribution >= 0.6 is 11.8 Å². The smallest absolute Gasteiger partial charge is 0.248 e. The molecule has 2 aromatic rings. The Morgan fingerprint density at radius 1 is 1.03 bits per heavy atom. The number of hydrogen-bond acceptors (Lipinski definition) is 6. The van der Waals surface area contributed by atoms with Crippen LogP contribution in [0.4, 0.5) is 17.1 Å². The van der Waals surface area contributed by atoms with Crippen molar-refractivity contribution in [3.8, 4) is 0 Å². The molecular formula is C28H34N4O4S. The van der Waals surface area contributed by atoms with Gasteiger partial charge in [0, 0.05) is 41.9 Å². The first-order valence-electron chi connectivity index (χ1n) is 13.0. The predicted molar refractivity (Wildman–Crippen MR) is 147 cm³/mol. The molecule has 196 valence electrons. The number of anilines is 3. The van der Waals surface area contributed by atoms with Gasteiger partial charge < -0.3 is 25.5 Å². The van der Waals surface area contributed by atoms with Gasteiger partial charge in [-0.05, 0) is 63.1 Å². The second kappa shape index (κ2) is 10.4. The minimum Gasteiger partial charge on any atom is -0.395 e. The third-order valence-electron chi connectivity index (χ3n) is 8.00. The second-order valence-electron chi connectivity index (χ2n) is 9.87. The third kappa shape index (κ3) is 4.38. The van der Waals surface area contributed by atoms with Crippen molar-refractivity contribution in [2.24, 2.45) is 11.8 Å². The van der Waals surface area contributed by atoms with E-state index in [1.54, 1.807) is 11.8 Å². The molecule has 9 heteroatoms. The van der Waals surface area contributed by atoms with Crippen LogP contribution in [0.1, 0.15) is 26.7 Å². The summed E-state index contributed by atoms with van der Waals surface area (Å²) in [4.78, 5) is 44.6. The molecule has 0 saturated carbocycles. The van der Waals surface area contributed by atoms with Crippen molar-refractivity contribution in [1.82, 2.24) is 4.90 Å². The lowest BCUT2D eigenvalue weighted by Gasteiger charge is -2.34. The Bertz CT molecular complexity index is 1160. The van der Waals surface area contributed by atoms with Crippen LogP contribution in [0, 0.1) is 11.8 Å². The van der Waals surface area contributed by atoms with Gasteiger partial charge in [-0.3, -0.25) is 14.4 Å². The van der Waals surface area contributed by atoms with Gasteiger partial charge in [-0.1, -0.05) is 18.2 Å². The summed E-state index contributed by atoms with van der Waals surface area (Å²) in [5, 5.41) is 15.7. The number of carbonyl (C=O) groups excluding carboxylic acids is 3. The molecule has 0 radical (unpaired) electrons. The lowest BCUT2D eigenvalue weighted by atomic mass is 9.70. The Balaban J connectivity index is 1.40. The number of rotatable bonds is 9. The zero-order chi connectivity index (χ0) is 26.2. The van der Waals surface area contributed by atoms with Gasteiger partial charge >= 0.3 is 0 Å². The molecule has 3 aliphatic heterocycles. The van der Waals surface area contributed by atoms with Gasteiger partial charge in [0.25, 0.3) is 0 Å². The minimum atomic E-state index is -0.746. The normalized spacial score (nSPS) is 27.8. The van der Waals surface area contributed by atoms with Crippen LogP contribution in [0.25, 0.3) is 0 Å². The van der Waals surface area contributed by atoms with Crippen molar-refractivity contribution < 1.29 is 19.5 Å². The number of fused-ring (bicyclic) bond motifs is 1. The molecule has 3 N–H and O–H groups in total. The van der Waals surface area contributed by atoms with Gasteiger partial charge in [0.1, 0.15) is 6.04 Å². The molecule has 0 aliphatic carbocycles. The molecule has 1 spiro atoms. The molecule has 3 aliphatic rings. The summed E-state index contributed by atoms with van der Waals surface area (Å²) in [6.45, 7) is 5.81. The number of benzene rings is 2. The highest BCUT2D eigenvalue weighted by molar-refractivity contribution is 8.02. The molecule has 2 bridgehead atoms. The summed E-state index contributed by atoms with van der Waals surface area (Å²) in [5.74, 6) is -1.77. The average molecular weight is 523 g/mol. The van der Waals surface area contributed by atoms with E-state index in [1.165, 1.54) is 4.90 Å². The highest BCUT2D eigenvalue weighted by Crippen LogP contribution is 2.66. The maximum atomic E-state index is 13.8. The van der Waals surface area contributed by atoms with E-state index in [4.69, 9.17) is 0 Å². The molecule has 0 aromatic heterocycles. The lowest BCUT2D eigenvalue weighted by molar-refractivity contribution is -0.138. The summed E-state index contributed by atoms with van der Waals surface area (Å²) in [6, 6.07) is 16.2. The molecule has 3 amide bonds. The number of thioether (sulfide) groups is 1. The summed E-state index contributed by atoms with van der Waals surface area (Å²) in [6.07, 6.45) is 1.46. The van der Waals surface area contributed by atoms with E-state index >= 15 is 0 Å². The Kier molecular flexibility index (Phi) is 7.18. The Labute approximate surface area is 221 Å². The number of aliphatic hydroxyl groups excluding tert-OH is 1. The highest BCUT2D eigenvalue weighted by Gasteiger charge is 2.73. The molecule has 2 aromatic carbocycles. The van der Waals surface area contributed by atoms with E-state index in [1.807, 2.05) is 54.6 Å². The first kappa shape index (κ1) is 25.6. The Morgan fingerprint density at radius 2 is 1.68 bits per heavy atom. The summed E-state index contributed by atoms with van der Waals surface area (Å²) < 4.78 is -0.680. The maximum Gasteiger partial charge on any atom is 0.248 e. The molecule has 37 heavy (non-hydrogen) atoms. The number of nitrogens with zero attached hydrogens (tertiary/aromatic N) is 2. The van der Waals surface area contributed by atoms with Gasteiger partial charge in [-0.2, -0.15) is 0 Å². The van der Waals surface area contributed by atoms with Crippen LogP contribution < -0.4 is 15.5 Å². The number of likely N-dealkylation sites (tertiary alicyclic amines) is 1. The topological polar surface area (TPSA) is 102 Å². The SMILES string of the molecule is CCN(CC)c1ccc(NC(=O)C2N(CCO)C(=O)[C@@H]3[C@@H](C(=O)Nc4ccccc4)[C@H]4CCC23S4)cc1. The molecular weight excluding hydrogens is 488 g/mol. The van der Waals surface area contributed by atoms with Crippen LogP contribution in [0.3, 0.4) is 0 Å². The number of aliphatic hydroxyl groups is 1. The molecule has 3 heterocycles. The van der Waals surface area contributed by atoms with Crippen molar-refractivity contribution in [1.29, 1.82) is 0 Å². The van der Waals surface area contributed by atoms with Crippen molar-refractivity contribution in [3.05, 3.63) is 54.6 Å².